The van der Waals surface area contributed by atoms with Crippen LogP contribution in [-0.4, -0.2) is 20.9 Å². The first kappa shape index (κ1) is 18.8. The van der Waals surface area contributed by atoms with Crippen molar-refractivity contribution < 1.29 is 9.53 Å². The molecule has 3 heterocycles. The molecule has 0 aliphatic rings. The van der Waals surface area contributed by atoms with Crippen LogP contribution in [0, 0.1) is 0 Å². The molecular weight excluding hydrogens is 384 g/mol. The third-order valence-corrected chi connectivity index (χ3v) is 4.98. The SMILES string of the molecule is O=C(Nc1ncccc1OCc1ccncc1)c1csc(Cc2ccccc2)n1. The average molecular weight is 402 g/mol. The minimum Gasteiger partial charge on any atom is -0.485 e. The Kier molecular flexibility index (Phi) is 5.87. The van der Waals surface area contributed by atoms with Crippen LogP contribution >= 0.6 is 11.3 Å². The van der Waals surface area contributed by atoms with E-state index < -0.39 is 0 Å². The first-order valence-electron chi connectivity index (χ1n) is 9.04. The van der Waals surface area contributed by atoms with Crippen LogP contribution < -0.4 is 10.1 Å². The van der Waals surface area contributed by atoms with Gasteiger partial charge in [-0.3, -0.25) is 9.78 Å². The van der Waals surface area contributed by atoms with Crippen molar-refractivity contribution >= 4 is 23.1 Å². The van der Waals surface area contributed by atoms with Crippen molar-refractivity contribution in [3.63, 3.8) is 0 Å². The van der Waals surface area contributed by atoms with Crippen molar-refractivity contribution in [2.24, 2.45) is 0 Å². The van der Waals surface area contributed by atoms with Gasteiger partial charge in [0.05, 0.1) is 5.01 Å². The summed E-state index contributed by atoms with van der Waals surface area (Å²) in [5.74, 6) is 0.551. The number of ether oxygens (including phenoxy) is 1. The van der Waals surface area contributed by atoms with Gasteiger partial charge < -0.3 is 10.1 Å². The molecule has 0 radical (unpaired) electrons. The van der Waals surface area contributed by atoms with Crippen LogP contribution in [0.4, 0.5) is 5.82 Å². The van der Waals surface area contributed by atoms with Crippen LogP contribution in [0.3, 0.4) is 0 Å². The molecule has 29 heavy (non-hydrogen) atoms. The highest BCUT2D eigenvalue weighted by molar-refractivity contribution is 7.09. The maximum absolute atomic E-state index is 12.6. The summed E-state index contributed by atoms with van der Waals surface area (Å²) in [6.45, 7) is 0.356. The van der Waals surface area contributed by atoms with Gasteiger partial charge in [-0.15, -0.1) is 11.3 Å². The molecule has 6 nitrogen and oxygen atoms in total. The molecule has 1 amide bonds. The third kappa shape index (κ3) is 5.03. The zero-order valence-electron chi connectivity index (χ0n) is 15.5. The van der Waals surface area contributed by atoms with Crippen molar-refractivity contribution in [1.82, 2.24) is 15.0 Å². The van der Waals surface area contributed by atoms with Crippen LogP contribution in [0.1, 0.15) is 26.6 Å². The monoisotopic (exact) mass is 402 g/mol. The van der Waals surface area contributed by atoms with Gasteiger partial charge in [0.15, 0.2) is 11.6 Å². The fourth-order valence-electron chi connectivity index (χ4n) is 2.68. The fourth-order valence-corrected chi connectivity index (χ4v) is 3.49. The summed E-state index contributed by atoms with van der Waals surface area (Å²) in [6.07, 6.45) is 5.72. The highest BCUT2D eigenvalue weighted by Crippen LogP contribution is 2.23. The van der Waals surface area contributed by atoms with E-state index in [0.29, 0.717) is 30.3 Å². The van der Waals surface area contributed by atoms with E-state index in [0.717, 1.165) is 16.1 Å². The predicted molar refractivity (Wildman–Crippen MR) is 112 cm³/mol. The number of thiazole rings is 1. The molecule has 7 heteroatoms. The summed E-state index contributed by atoms with van der Waals surface area (Å²) < 4.78 is 5.82. The number of nitrogens with zero attached hydrogens (tertiary/aromatic N) is 3. The first-order valence-corrected chi connectivity index (χ1v) is 9.92. The lowest BCUT2D eigenvalue weighted by atomic mass is 10.2. The van der Waals surface area contributed by atoms with Crippen molar-refractivity contribution in [3.05, 3.63) is 100 Å². The molecule has 144 valence electrons. The van der Waals surface area contributed by atoms with Gasteiger partial charge in [-0.2, -0.15) is 0 Å². The minimum atomic E-state index is -0.312. The Bertz CT molecular complexity index is 1080. The Morgan fingerprint density at radius 3 is 2.62 bits per heavy atom. The second kappa shape index (κ2) is 9.07. The molecule has 0 spiro atoms. The number of rotatable bonds is 7. The normalized spacial score (nSPS) is 10.5. The lowest BCUT2D eigenvalue weighted by Gasteiger charge is -2.10. The topological polar surface area (TPSA) is 77.0 Å². The van der Waals surface area contributed by atoms with E-state index >= 15 is 0 Å². The minimum absolute atomic E-state index is 0.312. The third-order valence-electron chi connectivity index (χ3n) is 4.13. The van der Waals surface area contributed by atoms with Crippen molar-refractivity contribution in [3.8, 4) is 5.75 Å². The van der Waals surface area contributed by atoms with E-state index in [1.54, 1.807) is 36.1 Å². The zero-order valence-corrected chi connectivity index (χ0v) is 16.3. The summed E-state index contributed by atoms with van der Waals surface area (Å²) in [4.78, 5) is 25.3. The number of pyridine rings is 2. The quantitative estimate of drug-likeness (QED) is 0.497. The van der Waals surface area contributed by atoms with Crippen LogP contribution in [-0.2, 0) is 13.0 Å². The largest absolute Gasteiger partial charge is 0.485 e. The Morgan fingerprint density at radius 2 is 1.79 bits per heavy atom. The molecule has 4 rings (SSSR count). The summed E-state index contributed by atoms with van der Waals surface area (Å²) in [5.41, 5.74) is 2.50. The Labute approximate surface area is 172 Å². The molecule has 4 aromatic rings. The van der Waals surface area contributed by atoms with Gasteiger partial charge in [-0.25, -0.2) is 9.97 Å². The van der Waals surface area contributed by atoms with E-state index in [1.807, 2.05) is 42.5 Å². The van der Waals surface area contributed by atoms with Gasteiger partial charge in [0.2, 0.25) is 0 Å². The summed E-state index contributed by atoms with van der Waals surface area (Å²) in [7, 11) is 0. The highest BCUT2D eigenvalue weighted by atomic mass is 32.1. The van der Waals surface area contributed by atoms with Gasteiger partial charge in [0.25, 0.3) is 5.91 Å². The number of carbonyl (C=O) groups is 1. The van der Waals surface area contributed by atoms with Crippen molar-refractivity contribution in [2.45, 2.75) is 13.0 Å². The fraction of sp³-hybridized carbons (Fsp3) is 0.0909. The van der Waals surface area contributed by atoms with E-state index in [1.165, 1.54) is 11.3 Å². The Morgan fingerprint density at radius 1 is 0.966 bits per heavy atom. The Hall–Kier alpha value is -3.58. The number of hydrogen-bond acceptors (Lipinski definition) is 6. The first-order chi connectivity index (χ1) is 14.3. The smallest absolute Gasteiger partial charge is 0.276 e. The molecule has 0 unspecified atom stereocenters. The molecule has 0 saturated carbocycles. The van der Waals surface area contributed by atoms with E-state index in [2.05, 4.69) is 20.3 Å². The molecule has 0 bridgehead atoms. The molecule has 1 aromatic carbocycles. The van der Waals surface area contributed by atoms with E-state index in [-0.39, 0.29) is 5.91 Å². The number of benzene rings is 1. The second-order valence-corrected chi connectivity index (χ2v) is 7.18. The number of anilines is 1. The lowest BCUT2D eigenvalue weighted by Crippen LogP contribution is -2.14. The van der Waals surface area contributed by atoms with Crippen LogP contribution in [0.15, 0.2) is 78.6 Å². The van der Waals surface area contributed by atoms with Crippen molar-refractivity contribution in [2.75, 3.05) is 5.32 Å². The maximum atomic E-state index is 12.6. The average Bonchev–Trinajstić information content (AvgIpc) is 3.23. The molecule has 1 N–H and O–H groups in total. The number of amides is 1. The van der Waals surface area contributed by atoms with E-state index in [4.69, 9.17) is 4.74 Å². The number of carbonyl (C=O) groups excluding carboxylic acids is 1. The van der Waals surface area contributed by atoms with Crippen LogP contribution in [0.25, 0.3) is 0 Å². The zero-order chi connectivity index (χ0) is 19.9. The molecule has 0 aliphatic carbocycles. The molecule has 0 aliphatic heterocycles. The maximum Gasteiger partial charge on any atom is 0.276 e. The van der Waals surface area contributed by atoms with Gasteiger partial charge in [0.1, 0.15) is 12.3 Å². The van der Waals surface area contributed by atoms with Crippen LogP contribution in [0.2, 0.25) is 0 Å². The second-order valence-electron chi connectivity index (χ2n) is 6.24. The number of aromatic nitrogens is 3. The molecule has 0 fully saturated rings. The summed E-state index contributed by atoms with van der Waals surface area (Å²) >= 11 is 1.47. The molecular formula is C22H18N4O2S. The van der Waals surface area contributed by atoms with Crippen molar-refractivity contribution in [1.29, 1.82) is 0 Å². The molecule has 0 saturated heterocycles. The van der Waals surface area contributed by atoms with Gasteiger partial charge in [-0.1, -0.05) is 30.3 Å². The van der Waals surface area contributed by atoms with Gasteiger partial charge >= 0.3 is 0 Å². The molecule has 3 aromatic heterocycles. The summed E-state index contributed by atoms with van der Waals surface area (Å²) in [5, 5.41) is 5.44. The number of hydrogen-bond donors (Lipinski definition) is 1. The molecule has 0 atom stereocenters. The standard InChI is InChI=1S/C22H18N4O2S/c27-22(18-15-29-20(25-18)13-16-5-2-1-3-6-16)26-21-19(7-4-10-24-21)28-14-17-8-11-23-12-9-17/h1-12,15H,13-14H2,(H,24,26,27). The van der Waals surface area contributed by atoms with Gasteiger partial charge in [0, 0.05) is 30.4 Å². The summed E-state index contributed by atoms with van der Waals surface area (Å²) in [6, 6.07) is 17.3. The van der Waals surface area contributed by atoms with Crippen LogP contribution in [0.5, 0.6) is 5.75 Å². The number of nitrogens with one attached hydrogen (secondary N) is 1. The highest BCUT2D eigenvalue weighted by Gasteiger charge is 2.14. The van der Waals surface area contributed by atoms with Gasteiger partial charge in [-0.05, 0) is 35.4 Å². The lowest BCUT2D eigenvalue weighted by molar-refractivity contribution is 0.102. The Balaban J connectivity index is 1.42. The predicted octanol–water partition coefficient (Wildman–Crippen LogP) is 4.36. The van der Waals surface area contributed by atoms with E-state index in [9.17, 15) is 4.79 Å².